The molecule has 0 bridgehead atoms. The van der Waals surface area contributed by atoms with E-state index in [0.717, 1.165) is 58.1 Å². The van der Waals surface area contributed by atoms with Gasteiger partial charge < -0.3 is 20.1 Å². The van der Waals surface area contributed by atoms with Gasteiger partial charge in [-0.15, -0.1) is 24.0 Å². The summed E-state index contributed by atoms with van der Waals surface area (Å²) in [6.45, 7) is 10.5. The highest BCUT2D eigenvalue weighted by molar-refractivity contribution is 14.0. The number of hydrogen-bond acceptors (Lipinski definition) is 3. The van der Waals surface area contributed by atoms with Crippen molar-refractivity contribution < 1.29 is 9.47 Å². The summed E-state index contributed by atoms with van der Waals surface area (Å²) < 4.78 is 11.2. The van der Waals surface area contributed by atoms with Crippen molar-refractivity contribution >= 4 is 29.9 Å². The van der Waals surface area contributed by atoms with E-state index in [-0.39, 0.29) is 24.0 Å². The Kier molecular flexibility index (Phi) is 11.2. The highest BCUT2D eigenvalue weighted by atomic mass is 127. The Morgan fingerprint density at radius 3 is 2.58 bits per heavy atom. The van der Waals surface area contributed by atoms with Crippen LogP contribution in [0.4, 0.5) is 0 Å². The number of rotatable bonds is 8. The van der Waals surface area contributed by atoms with Gasteiger partial charge in [-0.25, -0.2) is 0 Å². The zero-order chi connectivity index (χ0) is 18.1. The van der Waals surface area contributed by atoms with Crippen LogP contribution in [0.2, 0.25) is 0 Å². The molecule has 5 nitrogen and oxygen atoms in total. The van der Waals surface area contributed by atoms with E-state index in [1.807, 2.05) is 0 Å². The molecule has 0 amide bonds. The van der Waals surface area contributed by atoms with E-state index in [1.54, 1.807) is 7.05 Å². The second-order valence-corrected chi connectivity index (χ2v) is 6.79. The predicted molar refractivity (Wildman–Crippen MR) is 119 cm³/mol. The minimum atomic E-state index is 0. The second kappa shape index (κ2) is 12.5. The fourth-order valence-corrected chi connectivity index (χ4v) is 3.25. The van der Waals surface area contributed by atoms with Gasteiger partial charge >= 0.3 is 0 Å². The van der Waals surface area contributed by atoms with E-state index < -0.39 is 0 Å². The van der Waals surface area contributed by atoms with Crippen molar-refractivity contribution in [2.24, 2.45) is 4.99 Å². The number of aliphatic imine (C=N–C) groups is 1. The molecule has 0 aromatic heterocycles. The Morgan fingerprint density at radius 1 is 1.23 bits per heavy atom. The lowest BCUT2D eigenvalue weighted by Crippen LogP contribution is -2.37. The molecule has 26 heavy (non-hydrogen) atoms. The summed E-state index contributed by atoms with van der Waals surface area (Å²) in [4.78, 5) is 4.29. The van der Waals surface area contributed by atoms with E-state index in [4.69, 9.17) is 9.47 Å². The molecule has 1 aromatic carbocycles. The first-order valence-corrected chi connectivity index (χ1v) is 9.30. The minimum absolute atomic E-state index is 0. The van der Waals surface area contributed by atoms with E-state index in [2.05, 4.69) is 48.5 Å². The van der Waals surface area contributed by atoms with E-state index in [1.165, 1.54) is 22.3 Å². The molecular weight excluding hydrogens is 441 g/mol. The number of guanidine groups is 1. The molecular formula is C20H34IN3O2. The highest BCUT2D eigenvalue weighted by Gasteiger charge is 2.14. The average Bonchev–Trinajstić information content (AvgIpc) is 3.08. The quantitative estimate of drug-likeness (QED) is 0.262. The van der Waals surface area contributed by atoms with Crippen LogP contribution in [0.1, 0.15) is 41.5 Å². The summed E-state index contributed by atoms with van der Waals surface area (Å²) in [5, 5.41) is 6.75. The van der Waals surface area contributed by atoms with Gasteiger partial charge in [0.2, 0.25) is 0 Å². The molecule has 148 valence electrons. The Labute approximate surface area is 175 Å². The number of halogens is 1. The molecule has 0 aliphatic carbocycles. The molecule has 1 atom stereocenters. The average molecular weight is 475 g/mol. The summed E-state index contributed by atoms with van der Waals surface area (Å²) >= 11 is 0. The minimum Gasteiger partial charge on any atom is -0.379 e. The summed E-state index contributed by atoms with van der Waals surface area (Å²) in [5.41, 5.74) is 5.30. The maximum Gasteiger partial charge on any atom is 0.191 e. The lowest BCUT2D eigenvalue weighted by Gasteiger charge is -2.16. The van der Waals surface area contributed by atoms with Crippen molar-refractivity contribution in [3.8, 4) is 0 Å². The third-order valence-corrected chi connectivity index (χ3v) is 4.58. The topological polar surface area (TPSA) is 54.9 Å². The van der Waals surface area contributed by atoms with Crippen molar-refractivity contribution in [1.29, 1.82) is 0 Å². The smallest absolute Gasteiger partial charge is 0.191 e. The fourth-order valence-electron chi connectivity index (χ4n) is 3.25. The summed E-state index contributed by atoms with van der Waals surface area (Å²) in [6.07, 6.45) is 3.56. The van der Waals surface area contributed by atoms with Crippen molar-refractivity contribution in [2.45, 2.75) is 52.7 Å². The van der Waals surface area contributed by atoms with Gasteiger partial charge in [-0.2, -0.15) is 0 Å². The number of aryl methyl sites for hydroxylation is 3. The largest absolute Gasteiger partial charge is 0.379 e. The molecule has 0 spiro atoms. The number of nitrogens with one attached hydrogen (secondary N) is 2. The predicted octanol–water partition coefficient (Wildman–Crippen LogP) is 3.48. The molecule has 0 saturated carbocycles. The molecule has 1 aliphatic heterocycles. The number of nitrogens with zero attached hydrogens (tertiary/aromatic N) is 1. The molecule has 6 heteroatoms. The van der Waals surface area contributed by atoms with Crippen molar-refractivity contribution in [2.75, 3.05) is 33.4 Å². The van der Waals surface area contributed by atoms with Crippen LogP contribution in [0.5, 0.6) is 0 Å². The lowest BCUT2D eigenvalue weighted by molar-refractivity contribution is 0.0168. The van der Waals surface area contributed by atoms with Crippen molar-refractivity contribution in [1.82, 2.24) is 10.6 Å². The van der Waals surface area contributed by atoms with Gasteiger partial charge in [0.25, 0.3) is 0 Å². The zero-order valence-corrected chi connectivity index (χ0v) is 18.9. The number of benzene rings is 1. The summed E-state index contributed by atoms with van der Waals surface area (Å²) in [7, 11) is 1.80. The van der Waals surface area contributed by atoms with Crippen LogP contribution < -0.4 is 10.6 Å². The van der Waals surface area contributed by atoms with Gasteiger partial charge in [0.05, 0.1) is 12.7 Å². The molecule has 0 radical (unpaired) electrons. The standard InChI is InChI=1S/C20H33N3O2.HI/c1-15-11-16(2)19(17(3)12-15)13-23-20(21-4)22-8-6-9-24-14-18-7-5-10-25-18;/h11-12,18H,5-10,13-14H2,1-4H3,(H2,21,22,23);1H. The number of ether oxygens (including phenoxy) is 2. The van der Waals surface area contributed by atoms with Gasteiger partial charge in [0, 0.05) is 33.4 Å². The van der Waals surface area contributed by atoms with Gasteiger partial charge in [-0.1, -0.05) is 17.7 Å². The highest BCUT2D eigenvalue weighted by Crippen LogP contribution is 2.16. The van der Waals surface area contributed by atoms with Crippen LogP contribution in [-0.4, -0.2) is 45.5 Å². The molecule has 2 N–H and O–H groups in total. The Morgan fingerprint density at radius 2 is 1.96 bits per heavy atom. The van der Waals surface area contributed by atoms with E-state index in [0.29, 0.717) is 6.10 Å². The Balaban J connectivity index is 0.00000338. The van der Waals surface area contributed by atoms with E-state index >= 15 is 0 Å². The van der Waals surface area contributed by atoms with Crippen LogP contribution >= 0.6 is 24.0 Å². The Hall–Kier alpha value is -0.860. The van der Waals surface area contributed by atoms with Crippen LogP contribution in [0, 0.1) is 20.8 Å². The molecule has 1 fully saturated rings. The zero-order valence-electron chi connectivity index (χ0n) is 16.6. The fraction of sp³-hybridized carbons (Fsp3) is 0.650. The van der Waals surface area contributed by atoms with Crippen molar-refractivity contribution in [3.63, 3.8) is 0 Å². The molecule has 1 aromatic rings. The van der Waals surface area contributed by atoms with Crippen LogP contribution in [0.3, 0.4) is 0 Å². The van der Waals surface area contributed by atoms with Crippen LogP contribution in [-0.2, 0) is 16.0 Å². The monoisotopic (exact) mass is 475 g/mol. The normalized spacial score (nSPS) is 17.1. The van der Waals surface area contributed by atoms with Gasteiger partial charge in [0.15, 0.2) is 5.96 Å². The summed E-state index contributed by atoms with van der Waals surface area (Å²) in [6, 6.07) is 4.46. The van der Waals surface area contributed by atoms with Gasteiger partial charge in [-0.05, 0) is 56.7 Å². The van der Waals surface area contributed by atoms with Gasteiger partial charge in [-0.3, -0.25) is 4.99 Å². The first-order valence-electron chi connectivity index (χ1n) is 9.30. The van der Waals surface area contributed by atoms with E-state index in [9.17, 15) is 0 Å². The molecule has 1 saturated heterocycles. The maximum absolute atomic E-state index is 5.68. The first-order chi connectivity index (χ1) is 12.1. The third-order valence-electron chi connectivity index (χ3n) is 4.58. The van der Waals surface area contributed by atoms with Crippen LogP contribution in [0.15, 0.2) is 17.1 Å². The molecule has 1 heterocycles. The third kappa shape index (κ3) is 7.80. The van der Waals surface area contributed by atoms with Crippen LogP contribution in [0.25, 0.3) is 0 Å². The lowest BCUT2D eigenvalue weighted by atomic mass is 10.00. The first kappa shape index (κ1) is 23.2. The maximum atomic E-state index is 5.68. The number of hydrogen-bond donors (Lipinski definition) is 2. The molecule has 1 aliphatic rings. The second-order valence-electron chi connectivity index (χ2n) is 6.79. The Bertz CT molecular complexity index is 549. The SMILES string of the molecule is CN=C(NCCCOCC1CCCO1)NCc1c(C)cc(C)cc1C.I. The van der Waals surface area contributed by atoms with Gasteiger partial charge in [0.1, 0.15) is 0 Å². The molecule has 2 rings (SSSR count). The van der Waals surface area contributed by atoms with Crippen molar-refractivity contribution in [3.05, 3.63) is 34.4 Å². The molecule has 1 unspecified atom stereocenters. The summed E-state index contributed by atoms with van der Waals surface area (Å²) in [5.74, 6) is 0.832.